The summed E-state index contributed by atoms with van der Waals surface area (Å²) < 4.78 is 47.4. The van der Waals surface area contributed by atoms with Gasteiger partial charge in [-0.3, -0.25) is 9.35 Å². The predicted molar refractivity (Wildman–Crippen MR) is 237 cm³/mol. The van der Waals surface area contributed by atoms with Gasteiger partial charge in [-0.05, 0) is 44.9 Å². The number of aliphatic hydroxyl groups excluding tert-OH is 5. The molecule has 1 aliphatic rings. The van der Waals surface area contributed by atoms with Crippen LogP contribution in [0, 0.1) is 0 Å². The number of hydrogen-bond donors (Lipinski definition) is 7. The van der Waals surface area contributed by atoms with Crippen LogP contribution in [0.5, 0.6) is 0 Å². The molecule has 0 radical (unpaired) electrons. The number of carbonyl (C=O) groups is 1. The molecule has 0 bridgehead atoms. The lowest BCUT2D eigenvalue weighted by Gasteiger charge is -2.41. The maximum Gasteiger partial charge on any atom is 0.397 e. The number of nitrogens with one attached hydrogen (secondary N) is 1. The maximum atomic E-state index is 13.0. The molecule has 0 aromatic rings. The summed E-state index contributed by atoms with van der Waals surface area (Å²) in [6.45, 7) is 3.14. The molecule has 8 atom stereocenters. The number of aliphatic hydroxyl groups is 5. The minimum atomic E-state index is -5.13. The second-order valence-electron chi connectivity index (χ2n) is 16.1. The average molecular weight is 874 g/mol. The van der Waals surface area contributed by atoms with Gasteiger partial charge in [0.25, 0.3) is 0 Å². The molecular formula is C46H83NO12S. The molecule has 60 heavy (non-hydrogen) atoms. The SMILES string of the molecule is CCCCCCCC/C=C\C/C=C\CC(O)C(=O)NC(COC1OC(CO)C(O)C(OS(=O)(=O)O)C1O)C(O)/C=C/CC/C=C/CCCCCCCCCCCCCCC. The van der Waals surface area contributed by atoms with E-state index in [1.54, 1.807) is 12.2 Å². The molecule has 0 aromatic heterocycles. The molecule has 350 valence electrons. The Morgan fingerprint density at radius 1 is 0.683 bits per heavy atom. The van der Waals surface area contributed by atoms with E-state index in [1.165, 1.54) is 115 Å². The van der Waals surface area contributed by atoms with Gasteiger partial charge in [0, 0.05) is 6.42 Å². The minimum absolute atomic E-state index is 0.0252. The Hall–Kier alpha value is -1.98. The fraction of sp³-hybridized carbons (Fsp3) is 0.804. The highest BCUT2D eigenvalue weighted by atomic mass is 32.3. The second kappa shape index (κ2) is 36.5. The van der Waals surface area contributed by atoms with Crippen molar-refractivity contribution < 1.29 is 57.0 Å². The summed E-state index contributed by atoms with van der Waals surface area (Å²) in [4.78, 5) is 13.0. The summed E-state index contributed by atoms with van der Waals surface area (Å²) in [5.74, 6) is -0.781. The van der Waals surface area contributed by atoms with Crippen LogP contribution in [0.3, 0.4) is 0 Å². The molecule has 1 aliphatic heterocycles. The number of unbranched alkanes of at least 4 members (excludes halogenated alkanes) is 20. The standard InChI is InChI=1S/C46H83NO12S/c1-3-5-7-9-11-13-15-17-18-19-20-21-22-23-25-26-28-30-32-34-39(49)38(37-57-46-43(52)44(59-60(54,55)56)42(51)41(36-48)58-46)47-45(53)40(50)35-33-31-29-27-24-16-14-12-10-8-6-4-2/h24-27,31-34,38-44,46,48-52H,3-23,28-30,35-37H2,1-2H3,(H,47,53)(H,54,55,56)/b26-25+,27-24-,33-31-,34-32+. The Kier molecular flexibility index (Phi) is 34.1. The highest BCUT2D eigenvalue weighted by molar-refractivity contribution is 7.80. The highest BCUT2D eigenvalue weighted by Gasteiger charge is 2.48. The summed E-state index contributed by atoms with van der Waals surface area (Å²) in [6, 6.07) is -1.17. The molecule has 1 saturated heterocycles. The van der Waals surface area contributed by atoms with Crippen molar-refractivity contribution in [3.63, 3.8) is 0 Å². The highest BCUT2D eigenvalue weighted by Crippen LogP contribution is 2.26. The van der Waals surface area contributed by atoms with Crippen molar-refractivity contribution in [2.24, 2.45) is 0 Å². The van der Waals surface area contributed by atoms with E-state index >= 15 is 0 Å². The quantitative estimate of drug-likeness (QED) is 0.0180. The van der Waals surface area contributed by atoms with Crippen LogP contribution < -0.4 is 5.32 Å². The normalized spacial score (nSPS) is 21.8. The van der Waals surface area contributed by atoms with Gasteiger partial charge in [-0.25, -0.2) is 4.18 Å². The molecule has 7 N–H and O–H groups in total. The summed E-state index contributed by atoms with van der Waals surface area (Å²) in [6.07, 6.45) is 32.3. The number of amides is 1. The minimum Gasteiger partial charge on any atom is -0.394 e. The van der Waals surface area contributed by atoms with Crippen LogP contribution in [0.1, 0.15) is 174 Å². The van der Waals surface area contributed by atoms with Crippen molar-refractivity contribution >= 4 is 16.3 Å². The van der Waals surface area contributed by atoms with Crippen LogP contribution in [0.25, 0.3) is 0 Å². The van der Waals surface area contributed by atoms with Gasteiger partial charge in [0.15, 0.2) is 6.29 Å². The molecule has 13 nitrogen and oxygen atoms in total. The lowest BCUT2D eigenvalue weighted by Crippen LogP contribution is -2.61. The molecule has 0 spiro atoms. The number of ether oxygens (including phenoxy) is 2. The van der Waals surface area contributed by atoms with Crippen molar-refractivity contribution in [2.45, 2.75) is 223 Å². The summed E-state index contributed by atoms with van der Waals surface area (Å²) >= 11 is 0. The molecule has 1 heterocycles. The smallest absolute Gasteiger partial charge is 0.394 e. The third-order valence-electron chi connectivity index (χ3n) is 10.7. The Morgan fingerprint density at radius 3 is 1.70 bits per heavy atom. The van der Waals surface area contributed by atoms with Crippen LogP contribution in [0.15, 0.2) is 48.6 Å². The maximum absolute atomic E-state index is 13.0. The van der Waals surface area contributed by atoms with Gasteiger partial charge >= 0.3 is 10.4 Å². The number of rotatable bonds is 38. The zero-order valence-electron chi connectivity index (χ0n) is 36.9. The topological polar surface area (TPSA) is 212 Å². The molecule has 0 aliphatic carbocycles. The van der Waals surface area contributed by atoms with E-state index in [9.17, 15) is 38.7 Å². The van der Waals surface area contributed by atoms with Crippen molar-refractivity contribution in [2.75, 3.05) is 13.2 Å². The lowest BCUT2D eigenvalue weighted by atomic mass is 9.99. The summed E-state index contributed by atoms with van der Waals surface area (Å²) in [5, 5.41) is 55.0. The van der Waals surface area contributed by atoms with Crippen molar-refractivity contribution in [1.29, 1.82) is 0 Å². The van der Waals surface area contributed by atoms with Gasteiger partial charge in [0.05, 0.1) is 25.4 Å². The first-order chi connectivity index (χ1) is 28.9. The third kappa shape index (κ3) is 28.6. The van der Waals surface area contributed by atoms with E-state index in [2.05, 4.69) is 47.7 Å². The molecular weight excluding hydrogens is 791 g/mol. The number of carbonyl (C=O) groups excluding carboxylic acids is 1. The molecule has 0 saturated carbocycles. The van der Waals surface area contributed by atoms with E-state index in [0.29, 0.717) is 12.8 Å². The Labute approximate surface area is 362 Å². The fourth-order valence-electron chi connectivity index (χ4n) is 6.99. The van der Waals surface area contributed by atoms with Crippen molar-refractivity contribution in [1.82, 2.24) is 5.32 Å². The van der Waals surface area contributed by atoms with E-state index < -0.39 is 78.5 Å². The molecule has 1 rings (SSSR count). The van der Waals surface area contributed by atoms with E-state index in [0.717, 1.165) is 32.1 Å². The first-order valence-corrected chi connectivity index (χ1v) is 24.5. The van der Waals surface area contributed by atoms with E-state index in [1.807, 2.05) is 6.08 Å². The lowest BCUT2D eigenvalue weighted by molar-refractivity contribution is -0.298. The zero-order chi connectivity index (χ0) is 44.3. The largest absolute Gasteiger partial charge is 0.397 e. The second-order valence-corrected chi connectivity index (χ2v) is 17.2. The van der Waals surface area contributed by atoms with Gasteiger partial charge in [0.2, 0.25) is 5.91 Å². The third-order valence-corrected chi connectivity index (χ3v) is 11.2. The first-order valence-electron chi connectivity index (χ1n) is 23.1. The van der Waals surface area contributed by atoms with Crippen LogP contribution in [-0.4, -0.2) is 107 Å². The molecule has 0 aromatic carbocycles. The summed E-state index contributed by atoms with van der Waals surface area (Å²) in [7, 11) is -5.13. The monoisotopic (exact) mass is 874 g/mol. The Bertz CT molecular complexity index is 1280. The van der Waals surface area contributed by atoms with E-state index in [4.69, 9.17) is 14.0 Å². The van der Waals surface area contributed by atoms with E-state index in [-0.39, 0.29) is 6.42 Å². The summed E-state index contributed by atoms with van der Waals surface area (Å²) in [5.41, 5.74) is 0. The van der Waals surface area contributed by atoms with Gasteiger partial charge in [-0.15, -0.1) is 0 Å². The Balaban J connectivity index is 2.65. The molecule has 8 unspecified atom stereocenters. The molecule has 1 amide bonds. The average Bonchev–Trinajstić information content (AvgIpc) is 3.22. The van der Waals surface area contributed by atoms with Crippen LogP contribution in [0.4, 0.5) is 0 Å². The molecule has 14 heteroatoms. The predicted octanol–water partition coefficient (Wildman–Crippen LogP) is 7.85. The number of allylic oxidation sites excluding steroid dienone is 6. The number of hydrogen-bond acceptors (Lipinski definition) is 11. The zero-order valence-corrected chi connectivity index (χ0v) is 37.7. The fourth-order valence-corrected chi connectivity index (χ4v) is 7.50. The molecule has 1 fully saturated rings. The first kappa shape index (κ1) is 56.0. The van der Waals surface area contributed by atoms with Gasteiger partial charge in [0.1, 0.15) is 30.5 Å². The van der Waals surface area contributed by atoms with Gasteiger partial charge < -0.3 is 40.3 Å². The van der Waals surface area contributed by atoms with Crippen molar-refractivity contribution in [3.05, 3.63) is 48.6 Å². The van der Waals surface area contributed by atoms with Crippen LogP contribution >= 0.6 is 0 Å². The Morgan fingerprint density at radius 2 is 1.17 bits per heavy atom. The van der Waals surface area contributed by atoms with Crippen LogP contribution in [-0.2, 0) is 28.9 Å². The van der Waals surface area contributed by atoms with Gasteiger partial charge in [-0.2, -0.15) is 8.42 Å². The van der Waals surface area contributed by atoms with Crippen molar-refractivity contribution in [3.8, 4) is 0 Å². The van der Waals surface area contributed by atoms with Crippen LogP contribution in [0.2, 0.25) is 0 Å². The van der Waals surface area contributed by atoms with Gasteiger partial charge in [-0.1, -0.05) is 172 Å².